The Morgan fingerprint density at radius 2 is 2.11 bits per heavy atom. The number of hydrogen-bond acceptors (Lipinski definition) is 2. The molecule has 0 aliphatic carbocycles. The van der Waals surface area contributed by atoms with E-state index in [2.05, 4.69) is 0 Å². The van der Waals surface area contributed by atoms with Gasteiger partial charge in [0, 0.05) is 35.2 Å². The van der Waals surface area contributed by atoms with E-state index < -0.39 is 11.6 Å². The van der Waals surface area contributed by atoms with E-state index in [-0.39, 0.29) is 16.5 Å². The van der Waals surface area contributed by atoms with Gasteiger partial charge in [-0.25, -0.2) is 8.78 Å². The summed E-state index contributed by atoms with van der Waals surface area (Å²) in [5.41, 5.74) is 0.938. The Hall–Kier alpha value is -2.17. The normalized spacial score (nSPS) is 16.1. The Morgan fingerprint density at radius 1 is 1.32 bits per heavy atom. The molecule has 0 saturated carbocycles. The molecule has 0 atom stereocenters. The molecule has 98 valence electrons. The second-order valence-electron chi connectivity index (χ2n) is 4.43. The summed E-state index contributed by atoms with van der Waals surface area (Å²) in [6, 6.07) is 3.54. The van der Waals surface area contributed by atoms with Gasteiger partial charge in [0.15, 0.2) is 0 Å². The van der Waals surface area contributed by atoms with Crippen molar-refractivity contribution in [2.45, 2.75) is 13.0 Å². The Morgan fingerprint density at radius 3 is 2.84 bits per heavy atom. The molecule has 2 aromatic rings. The molecule has 0 amide bonds. The summed E-state index contributed by atoms with van der Waals surface area (Å²) < 4.78 is 34.2. The number of rotatable bonds is 1. The van der Waals surface area contributed by atoms with Crippen LogP contribution < -0.4 is 5.56 Å². The van der Waals surface area contributed by atoms with Gasteiger partial charge in [0.1, 0.15) is 11.6 Å². The second kappa shape index (κ2) is 4.19. The van der Waals surface area contributed by atoms with Gasteiger partial charge in [0.2, 0.25) is 0 Å². The van der Waals surface area contributed by atoms with Gasteiger partial charge >= 0.3 is 0 Å². The minimum atomic E-state index is -0.674. The third-order valence-corrected chi connectivity index (χ3v) is 3.36. The highest BCUT2D eigenvalue weighted by atomic mass is 19.1. The third kappa shape index (κ3) is 1.65. The molecule has 0 radical (unpaired) electrons. The van der Waals surface area contributed by atoms with Gasteiger partial charge in [-0.05, 0) is 12.5 Å². The molecular weight excluding hydrogens is 252 g/mol. The van der Waals surface area contributed by atoms with Crippen LogP contribution in [0.25, 0.3) is 16.5 Å². The fourth-order valence-corrected chi connectivity index (χ4v) is 2.56. The van der Waals surface area contributed by atoms with Gasteiger partial charge in [-0.3, -0.25) is 4.79 Å². The summed E-state index contributed by atoms with van der Waals surface area (Å²) in [5, 5.41) is 0.248. The van der Waals surface area contributed by atoms with Crippen molar-refractivity contribution >= 4 is 16.5 Å². The molecule has 1 aromatic heterocycles. The number of ether oxygens (including phenoxy) is 1. The predicted octanol–water partition coefficient (Wildman–Crippen LogP) is 2.67. The lowest BCUT2D eigenvalue weighted by molar-refractivity contribution is 0.338. The summed E-state index contributed by atoms with van der Waals surface area (Å²) in [7, 11) is 1.47. The zero-order valence-electron chi connectivity index (χ0n) is 10.2. The van der Waals surface area contributed by atoms with Gasteiger partial charge < -0.3 is 9.30 Å². The Bertz CT molecular complexity index is 762. The van der Waals surface area contributed by atoms with E-state index in [1.54, 1.807) is 0 Å². The highest BCUT2D eigenvalue weighted by Gasteiger charge is 2.23. The number of aryl methyl sites for hydroxylation is 1. The smallest absolute Gasteiger partial charge is 0.251 e. The van der Waals surface area contributed by atoms with Crippen molar-refractivity contribution in [1.82, 2.24) is 4.57 Å². The first-order chi connectivity index (χ1) is 9.13. The lowest BCUT2D eigenvalue weighted by Crippen LogP contribution is -2.24. The van der Waals surface area contributed by atoms with Crippen LogP contribution in [-0.2, 0) is 11.3 Å². The number of allylic oxidation sites excluding steroid dienone is 1. The second-order valence-corrected chi connectivity index (χ2v) is 4.43. The van der Waals surface area contributed by atoms with Crippen LogP contribution in [-0.4, -0.2) is 11.7 Å². The summed E-state index contributed by atoms with van der Waals surface area (Å²) >= 11 is 0. The first-order valence-corrected chi connectivity index (χ1v) is 5.87. The number of halogens is 2. The summed E-state index contributed by atoms with van der Waals surface area (Å²) in [5.74, 6) is -1.34. The molecule has 1 aromatic carbocycles. The number of hydrogen-bond donors (Lipinski definition) is 0. The third-order valence-electron chi connectivity index (χ3n) is 3.36. The largest absolute Gasteiger partial charge is 0.504 e. The summed E-state index contributed by atoms with van der Waals surface area (Å²) in [4.78, 5) is 11.8. The Labute approximate surface area is 107 Å². The molecule has 19 heavy (non-hydrogen) atoms. The van der Waals surface area contributed by atoms with Crippen molar-refractivity contribution < 1.29 is 13.5 Å². The molecule has 0 saturated heterocycles. The highest BCUT2D eigenvalue weighted by Crippen LogP contribution is 2.34. The molecule has 1 aliphatic heterocycles. The van der Waals surface area contributed by atoms with Crippen LogP contribution in [0.3, 0.4) is 0 Å². The van der Waals surface area contributed by atoms with Gasteiger partial charge in [-0.1, -0.05) is 0 Å². The number of methoxy groups -OCH3 is 1. The number of aromatic nitrogens is 1. The molecule has 5 heteroatoms. The quantitative estimate of drug-likeness (QED) is 0.741. The maximum absolute atomic E-state index is 14.0. The molecule has 0 fully saturated rings. The first kappa shape index (κ1) is 11.9. The van der Waals surface area contributed by atoms with E-state index in [0.717, 1.165) is 6.07 Å². The monoisotopic (exact) mass is 263 g/mol. The molecule has 0 bridgehead atoms. The van der Waals surface area contributed by atoms with Crippen LogP contribution >= 0.6 is 0 Å². The Kier molecular flexibility index (Phi) is 2.62. The van der Waals surface area contributed by atoms with Crippen molar-refractivity contribution in [3.63, 3.8) is 0 Å². The van der Waals surface area contributed by atoms with Crippen LogP contribution in [0.15, 0.2) is 29.3 Å². The number of nitrogens with zero attached hydrogens (tertiary/aromatic N) is 1. The maximum atomic E-state index is 14.0. The zero-order chi connectivity index (χ0) is 13.6. The summed E-state index contributed by atoms with van der Waals surface area (Å²) in [6.07, 6.45) is 1.92. The molecule has 0 N–H and O–H groups in total. The fourth-order valence-electron chi connectivity index (χ4n) is 2.56. The van der Waals surface area contributed by atoms with E-state index in [4.69, 9.17) is 4.74 Å². The standard InChI is InChI=1S/C14H11F2NO2/c1-19-7-8-4-5-17-12(18)3-2-9-10(15)6-11(16)13(8)14(9)17/h2-3,6-7H,4-5H2,1H3/b8-7+. The topological polar surface area (TPSA) is 31.2 Å². The van der Waals surface area contributed by atoms with Crippen molar-refractivity contribution in [3.8, 4) is 0 Å². The van der Waals surface area contributed by atoms with Crippen LogP contribution in [0.1, 0.15) is 12.0 Å². The average Bonchev–Trinajstić information content (AvgIpc) is 2.38. The zero-order valence-corrected chi connectivity index (χ0v) is 10.2. The van der Waals surface area contributed by atoms with E-state index in [9.17, 15) is 13.6 Å². The van der Waals surface area contributed by atoms with E-state index in [1.165, 1.54) is 30.1 Å². The van der Waals surface area contributed by atoms with Crippen molar-refractivity contribution in [2.24, 2.45) is 0 Å². The Balaban J connectivity index is 2.52. The molecule has 0 spiro atoms. The predicted molar refractivity (Wildman–Crippen MR) is 67.7 cm³/mol. The molecular formula is C14H11F2NO2. The van der Waals surface area contributed by atoms with E-state index >= 15 is 0 Å². The number of benzene rings is 1. The lowest BCUT2D eigenvalue weighted by Gasteiger charge is -2.22. The van der Waals surface area contributed by atoms with Crippen LogP contribution in [0.2, 0.25) is 0 Å². The van der Waals surface area contributed by atoms with Crippen LogP contribution in [0, 0.1) is 11.6 Å². The first-order valence-electron chi connectivity index (χ1n) is 5.87. The van der Waals surface area contributed by atoms with Gasteiger partial charge in [0.25, 0.3) is 5.56 Å². The molecule has 1 aliphatic rings. The van der Waals surface area contributed by atoms with Crippen molar-refractivity contribution in [3.05, 3.63) is 52.0 Å². The van der Waals surface area contributed by atoms with Gasteiger partial charge in [-0.2, -0.15) is 0 Å². The summed E-state index contributed by atoms with van der Waals surface area (Å²) in [6.45, 7) is 0.390. The van der Waals surface area contributed by atoms with Crippen molar-refractivity contribution in [2.75, 3.05) is 7.11 Å². The number of pyridine rings is 1. The minimum absolute atomic E-state index is 0.248. The fraction of sp³-hybridized carbons (Fsp3) is 0.214. The molecule has 2 heterocycles. The van der Waals surface area contributed by atoms with Gasteiger partial charge in [0.05, 0.1) is 18.9 Å². The SMILES string of the molecule is CO/C=C1\CCn2c(=O)ccc3c(F)cc(F)c1c32. The highest BCUT2D eigenvalue weighted by molar-refractivity contribution is 5.93. The van der Waals surface area contributed by atoms with Gasteiger partial charge in [-0.15, -0.1) is 0 Å². The molecule has 3 rings (SSSR count). The van der Waals surface area contributed by atoms with E-state index in [0.29, 0.717) is 24.1 Å². The van der Waals surface area contributed by atoms with E-state index in [1.807, 2.05) is 0 Å². The molecule has 3 nitrogen and oxygen atoms in total. The minimum Gasteiger partial charge on any atom is -0.504 e. The van der Waals surface area contributed by atoms with Crippen LogP contribution in [0.5, 0.6) is 0 Å². The molecule has 0 unspecified atom stereocenters. The van der Waals surface area contributed by atoms with Crippen molar-refractivity contribution in [1.29, 1.82) is 0 Å². The van der Waals surface area contributed by atoms with Crippen LogP contribution in [0.4, 0.5) is 8.78 Å². The average molecular weight is 263 g/mol. The maximum Gasteiger partial charge on any atom is 0.251 e. The lowest BCUT2D eigenvalue weighted by atomic mass is 9.96.